The van der Waals surface area contributed by atoms with Crippen LogP contribution in [0, 0.1) is 0 Å². The van der Waals surface area contributed by atoms with Gasteiger partial charge in [-0.15, -0.1) is 0 Å². The Morgan fingerprint density at radius 1 is 1.14 bits per heavy atom. The molecule has 1 amide bonds. The van der Waals surface area contributed by atoms with Gasteiger partial charge < -0.3 is 15.2 Å². The lowest BCUT2D eigenvalue weighted by molar-refractivity contribution is -0.150. The van der Waals surface area contributed by atoms with Gasteiger partial charge in [-0.25, -0.2) is 4.79 Å². The summed E-state index contributed by atoms with van der Waals surface area (Å²) < 4.78 is 5.29. The summed E-state index contributed by atoms with van der Waals surface area (Å²) in [5, 5.41) is 12.4. The highest BCUT2D eigenvalue weighted by molar-refractivity contribution is 5.89. The van der Waals surface area contributed by atoms with E-state index in [1.165, 1.54) is 7.11 Å². The summed E-state index contributed by atoms with van der Waals surface area (Å²) in [4.78, 5) is 24.3. The van der Waals surface area contributed by atoms with Gasteiger partial charge in [0.05, 0.1) is 0 Å². The van der Waals surface area contributed by atoms with Gasteiger partial charge in [-0.05, 0) is 18.4 Å². The first-order chi connectivity index (χ1) is 10.6. The fraction of sp³-hybridized carbons (Fsp3) is 0.529. The van der Waals surface area contributed by atoms with Crippen LogP contribution in [0.15, 0.2) is 30.3 Å². The molecule has 120 valence electrons. The summed E-state index contributed by atoms with van der Waals surface area (Å²) in [5.41, 5.74) is -0.448. The molecule has 1 atom stereocenters. The van der Waals surface area contributed by atoms with Crippen molar-refractivity contribution in [2.24, 2.45) is 0 Å². The molecule has 0 aromatic heterocycles. The fourth-order valence-electron chi connectivity index (χ4n) is 3.05. The number of benzene rings is 1. The molecule has 1 saturated carbocycles. The van der Waals surface area contributed by atoms with E-state index >= 15 is 0 Å². The van der Waals surface area contributed by atoms with E-state index in [0.29, 0.717) is 12.8 Å². The monoisotopic (exact) mass is 305 g/mol. The van der Waals surface area contributed by atoms with Gasteiger partial charge in [0.1, 0.15) is 5.54 Å². The average Bonchev–Trinajstić information content (AvgIpc) is 2.75. The number of carboxylic acid groups (broad SMARTS) is 1. The molecular weight excluding hydrogens is 282 g/mol. The molecule has 1 aromatic rings. The van der Waals surface area contributed by atoms with Crippen LogP contribution < -0.4 is 5.32 Å². The van der Waals surface area contributed by atoms with Crippen LogP contribution in [0.4, 0.5) is 0 Å². The molecule has 0 radical (unpaired) electrons. The Kier molecular flexibility index (Phi) is 5.55. The SMILES string of the molecule is CO[C@@H](C(=O)NC1(C(=O)O)CCCCCC1)c1ccccc1. The van der Waals surface area contributed by atoms with Gasteiger partial charge in [0.2, 0.25) is 0 Å². The molecule has 0 aliphatic heterocycles. The maximum atomic E-state index is 12.6. The van der Waals surface area contributed by atoms with Crippen molar-refractivity contribution in [3.05, 3.63) is 35.9 Å². The van der Waals surface area contributed by atoms with Crippen molar-refractivity contribution >= 4 is 11.9 Å². The Hall–Kier alpha value is -1.88. The zero-order valence-corrected chi connectivity index (χ0v) is 12.9. The summed E-state index contributed by atoms with van der Waals surface area (Å²) >= 11 is 0. The zero-order chi connectivity index (χ0) is 16.0. The van der Waals surface area contributed by atoms with Crippen molar-refractivity contribution in [2.45, 2.75) is 50.2 Å². The number of carbonyl (C=O) groups excluding carboxylic acids is 1. The highest BCUT2D eigenvalue weighted by Gasteiger charge is 2.41. The molecular formula is C17H23NO4. The molecule has 2 rings (SSSR count). The lowest BCUT2D eigenvalue weighted by Gasteiger charge is -2.31. The molecule has 0 heterocycles. The van der Waals surface area contributed by atoms with Crippen LogP contribution in [0.25, 0.3) is 0 Å². The second-order valence-electron chi connectivity index (χ2n) is 5.82. The summed E-state index contributed by atoms with van der Waals surface area (Å²) in [7, 11) is 1.46. The van der Waals surface area contributed by atoms with E-state index in [2.05, 4.69) is 5.32 Å². The highest BCUT2D eigenvalue weighted by atomic mass is 16.5. The van der Waals surface area contributed by atoms with Crippen LogP contribution in [-0.2, 0) is 14.3 Å². The topological polar surface area (TPSA) is 75.6 Å². The predicted molar refractivity (Wildman–Crippen MR) is 82.4 cm³/mol. The first-order valence-electron chi connectivity index (χ1n) is 7.72. The number of carboxylic acids is 1. The van der Waals surface area contributed by atoms with Crippen LogP contribution in [0.3, 0.4) is 0 Å². The summed E-state index contributed by atoms with van der Waals surface area (Å²) in [6, 6.07) is 9.11. The Morgan fingerprint density at radius 2 is 1.73 bits per heavy atom. The molecule has 0 bridgehead atoms. The van der Waals surface area contributed by atoms with Crippen LogP contribution >= 0.6 is 0 Å². The lowest BCUT2D eigenvalue weighted by Crippen LogP contribution is -2.55. The number of amides is 1. The predicted octanol–water partition coefficient (Wildman–Crippen LogP) is 2.67. The van der Waals surface area contributed by atoms with E-state index in [1.54, 1.807) is 12.1 Å². The lowest BCUT2D eigenvalue weighted by atomic mass is 9.89. The number of ether oxygens (including phenoxy) is 1. The molecule has 0 saturated heterocycles. The molecule has 1 fully saturated rings. The van der Waals surface area contributed by atoms with Crippen LogP contribution in [0.5, 0.6) is 0 Å². The minimum atomic E-state index is -1.17. The van der Waals surface area contributed by atoms with Crippen molar-refractivity contribution < 1.29 is 19.4 Å². The van der Waals surface area contributed by atoms with Crippen molar-refractivity contribution in [3.8, 4) is 0 Å². The molecule has 1 aliphatic carbocycles. The maximum absolute atomic E-state index is 12.6. The normalized spacial score (nSPS) is 19.0. The van der Waals surface area contributed by atoms with Gasteiger partial charge in [0, 0.05) is 7.11 Å². The molecule has 5 nitrogen and oxygen atoms in total. The summed E-state index contributed by atoms with van der Waals surface area (Å²) in [6.07, 6.45) is 3.80. The number of hydrogen-bond donors (Lipinski definition) is 2. The van der Waals surface area contributed by atoms with Gasteiger partial charge in [0.25, 0.3) is 5.91 Å². The first kappa shape index (κ1) is 16.5. The third-order valence-electron chi connectivity index (χ3n) is 4.31. The first-order valence-corrected chi connectivity index (χ1v) is 7.72. The van der Waals surface area contributed by atoms with Crippen LogP contribution in [-0.4, -0.2) is 29.6 Å². The number of hydrogen-bond acceptors (Lipinski definition) is 3. The maximum Gasteiger partial charge on any atom is 0.329 e. The molecule has 22 heavy (non-hydrogen) atoms. The average molecular weight is 305 g/mol. The van der Waals surface area contributed by atoms with Crippen molar-refractivity contribution in [1.82, 2.24) is 5.32 Å². The van der Waals surface area contributed by atoms with Gasteiger partial charge >= 0.3 is 5.97 Å². The van der Waals surface area contributed by atoms with E-state index in [9.17, 15) is 14.7 Å². The standard InChI is InChI=1S/C17H23NO4/c1-22-14(13-9-5-4-6-10-13)15(19)18-17(16(20)21)11-7-2-3-8-12-17/h4-6,9-10,14H,2-3,7-8,11-12H2,1H3,(H,18,19)(H,20,21)/t14-/m1/s1. The Bertz CT molecular complexity index is 507. The van der Waals surface area contributed by atoms with Gasteiger partial charge in [-0.2, -0.15) is 0 Å². The second-order valence-corrected chi connectivity index (χ2v) is 5.82. The molecule has 0 unspecified atom stereocenters. The largest absolute Gasteiger partial charge is 0.480 e. The van der Waals surface area contributed by atoms with E-state index in [4.69, 9.17) is 4.74 Å². The molecule has 5 heteroatoms. The highest BCUT2D eigenvalue weighted by Crippen LogP contribution is 2.29. The Morgan fingerprint density at radius 3 is 2.23 bits per heavy atom. The smallest absolute Gasteiger partial charge is 0.329 e. The number of carbonyl (C=O) groups is 2. The van der Waals surface area contributed by atoms with E-state index < -0.39 is 23.5 Å². The van der Waals surface area contributed by atoms with Crippen molar-refractivity contribution in [1.29, 1.82) is 0 Å². The third kappa shape index (κ3) is 3.65. The number of rotatable bonds is 5. The molecule has 0 spiro atoms. The minimum Gasteiger partial charge on any atom is -0.480 e. The van der Waals surface area contributed by atoms with Gasteiger partial charge in [0.15, 0.2) is 6.10 Å². The van der Waals surface area contributed by atoms with E-state index in [0.717, 1.165) is 31.2 Å². The van der Waals surface area contributed by atoms with Crippen LogP contribution in [0.2, 0.25) is 0 Å². The summed E-state index contributed by atoms with van der Waals surface area (Å²) in [5.74, 6) is -1.34. The number of nitrogens with one attached hydrogen (secondary N) is 1. The fourth-order valence-corrected chi connectivity index (χ4v) is 3.05. The minimum absolute atomic E-state index is 0.391. The second kappa shape index (κ2) is 7.40. The van der Waals surface area contributed by atoms with Crippen LogP contribution in [0.1, 0.15) is 50.2 Å². The van der Waals surface area contributed by atoms with E-state index in [1.807, 2.05) is 18.2 Å². The molecule has 1 aliphatic rings. The molecule has 2 N–H and O–H groups in total. The summed E-state index contributed by atoms with van der Waals surface area (Å²) in [6.45, 7) is 0. The molecule has 1 aromatic carbocycles. The van der Waals surface area contributed by atoms with Gasteiger partial charge in [-0.1, -0.05) is 56.0 Å². The number of aliphatic carboxylic acids is 1. The third-order valence-corrected chi connectivity index (χ3v) is 4.31. The quantitative estimate of drug-likeness (QED) is 0.820. The van der Waals surface area contributed by atoms with E-state index in [-0.39, 0.29) is 0 Å². The zero-order valence-electron chi connectivity index (χ0n) is 12.9. The number of methoxy groups -OCH3 is 1. The van der Waals surface area contributed by atoms with Crippen molar-refractivity contribution in [3.63, 3.8) is 0 Å². The van der Waals surface area contributed by atoms with Gasteiger partial charge in [-0.3, -0.25) is 4.79 Å². The Balaban J connectivity index is 2.18. The Labute approximate surface area is 130 Å². The van der Waals surface area contributed by atoms with Crippen molar-refractivity contribution in [2.75, 3.05) is 7.11 Å².